The maximum Gasteiger partial charge on any atom is 0.317 e. The summed E-state index contributed by atoms with van der Waals surface area (Å²) in [5.41, 5.74) is 0. The van der Waals surface area contributed by atoms with Crippen LogP contribution in [0.1, 0.15) is 45.4 Å². The number of amides is 2. The van der Waals surface area contributed by atoms with Crippen molar-refractivity contribution in [3.63, 3.8) is 0 Å². The molecule has 5 nitrogen and oxygen atoms in total. The van der Waals surface area contributed by atoms with E-state index in [1.807, 2.05) is 11.8 Å². The van der Waals surface area contributed by atoms with Gasteiger partial charge in [-0.05, 0) is 32.6 Å². The molecule has 2 saturated carbocycles. The van der Waals surface area contributed by atoms with Crippen LogP contribution in [-0.4, -0.2) is 40.6 Å². The zero-order chi connectivity index (χ0) is 13.1. The molecular weight excluding hydrogens is 232 g/mol. The van der Waals surface area contributed by atoms with Crippen molar-refractivity contribution in [3.8, 4) is 0 Å². The number of carboxylic acid groups (broad SMARTS) is 1. The van der Waals surface area contributed by atoms with E-state index in [9.17, 15) is 14.7 Å². The third-order valence-corrected chi connectivity index (χ3v) is 3.98. The molecule has 2 aliphatic rings. The summed E-state index contributed by atoms with van der Waals surface area (Å²) < 4.78 is 0. The molecule has 2 rings (SSSR count). The first-order chi connectivity index (χ1) is 8.63. The highest BCUT2D eigenvalue weighted by Crippen LogP contribution is 2.28. The van der Waals surface area contributed by atoms with Crippen molar-refractivity contribution in [2.75, 3.05) is 6.54 Å². The second kappa shape index (κ2) is 5.59. The lowest BCUT2D eigenvalue weighted by molar-refractivity contribution is -0.143. The van der Waals surface area contributed by atoms with E-state index in [2.05, 4.69) is 5.32 Å². The van der Waals surface area contributed by atoms with E-state index in [0.29, 0.717) is 19.0 Å². The first kappa shape index (κ1) is 13.2. The monoisotopic (exact) mass is 254 g/mol. The van der Waals surface area contributed by atoms with E-state index in [1.54, 1.807) is 0 Å². The molecule has 0 spiro atoms. The van der Waals surface area contributed by atoms with E-state index < -0.39 is 11.9 Å². The van der Waals surface area contributed by atoms with Crippen molar-refractivity contribution in [2.45, 2.75) is 57.5 Å². The largest absolute Gasteiger partial charge is 0.481 e. The summed E-state index contributed by atoms with van der Waals surface area (Å²) in [6.45, 7) is 2.66. The molecular formula is C13H22N2O3. The number of aliphatic carboxylic acids is 1. The Kier molecular flexibility index (Phi) is 4.09. The number of nitrogens with zero attached hydrogens (tertiary/aromatic N) is 1. The molecule has 2 N–H and O–H groups in total. The van der Waals surface area contributed by atoms with Crippen LogP contribution in [0.2, 0.25) is 0 Å². The van der Waals surface area contributed by atoms with Crippen molar-refractivity contribution in [1.29, 1.82) is 0 Å². The maximum atomic E-state index is 12.1. The Hall–Kier alpha value is -1.26. The molecule has 2 aliphatic carbocycles. The molecule has 0 bridgehead atoms. The fourth-order valence-corrected chi connectivity index (χ4v) is 2.79. The molecule has 2 amide bonds. The van der Waals surface area contributed by atoms with E-state index in [-0.39, 0.29) is 12.1 Å². The summed E-state index contributed by atoms with van der Waals surface area (Å²) in [5, 5.41) is 12.1. The zero-order valence-corrected chi connectivity index (χ0v) is 10.9. The molecule has 0 saturated heterocycles. The molecule has 0 radical (unpaired) electrons. The summed E-state index contributed by atoms with van der Waals surface area (Å²) in [5.74, 6) is -1.20. The number of hydrogen-bond acceptors (Lipinski definition) is 2. The van der Waals surface area contributed by atoms with Crippen molar-refractivity contribution < 1.29 is 14.7 Å². The molecule has 0 aliphatic heterocycles. The lowest BCUT2D eigenvalue weighted by Gasteiger charge is -2.31. The number of rotatable bonds is 4. The predicted octanol–water partition coefficient (Wildman–Crippen LogP) is 1.82. The minimum absolute atomic E-state index is 0.0850. The Balaban J connectivity index is 1.93. The maximum absolute atomic E-state index is 12.1. The van der Waals surface area contributed by atoms with Gasteiger partial charge in [-0.2, -0.15) is 0 Å². The van der Waals surface area contributed by atoms with Crippen molar-refractivity contribution in [3.05, 3.63) is 0 Å². The molecule has 0 aromatic rings. The molecule has 18 heavy (non-hydrogen) atoms. The number of hydrogen-bond donors (Lipinski definition) is 2. The highest BCUT2D eigenvalue weighted by molar-refractivity contribution is 5.77. The Morgan fingerprint density at radius 2 is 1.89 bits per heavy atom. The number of carbonyl (C=O) groups is 2. The molecule has 0 aromatic heterocycles. The number of carboxylic acids is 1. The van der Waals surface area contributed by atoms with Gasteiger partial charge in [0.1, 0.15) is 0 Å². The topological polar surface area (TPSA) is 69.6 Å². The van der Waals surface area contributed by atoms with Gasteiger partial charge in [0.2, 0.25) is 0 Å². The van der Waals surface area contributed by atoms with Crippen molar-refractivity contribution in [2.24, 2.45) is 5.92 Å². The summed E-state index contributed by atoms with van der Waals surface area (Å²) in [7, 11) is 0. The van der Waals surface area contributed by atoms with Crippen LogP contribution in [0.15, 0.2) is 0 Å². The van der Waals surface area contributed by atoms with Gasteiger partial charge in [0.05, 0.1) is 5.92 Å². The SMILES string of the molecule is CCN(C(=O)NC1CCCCC1C(=O)O)C1CC1. The summed E-state index contributed by atoms with van der Waals surface area (Å²) in [6.07, 6.45) is 5.57. The molecule has 2 atom stereocenters. The molecule has 5 heteroatoms. The van der Waals surface area contributed by atoms with Gasteiger partial charge >= 0.3 is 12.0 Å². The fourth-order valence-electron chi connectivity index (χ4n) is 2.79. The van der Waals surface area contributed by atoms with Gasteiger partial charge in [0.15, 0.2) is 0 Å². The average molecular weight is 254 g/mol. The van der Waals surface area contributed by atoms with Crippen LogP contribution in [-0.2, 0) is 4.79 Å². The van der Waals surface area contributed by atoms with E-state index >= 15 is 0 Å². The van der Waals surface area contributed by atoms with E-state index in [4.69, 9.17) is 0 Å². The van der Waals surface area contributed by atoms with Crippen LogP contribution in [0, 0.1) is 5.92 Å². The normalized spacial score (nSPS) is 27.6. The van der Waals surface area contributed by atoms with Crippen LogP contribution in [0.5, 0.6) is 0 Å². The van der Waals surface area contributed by atoms with Crippen molar-refractivity contribution in [1.82, 2.24) is 10.2 Å². The summed E-state index contributed by atoms with van der Waals surface area (Å²) in [6, 6.07) is 0.0940. The summed E-state index contributed by atoms with van der Waals surface area (Å²) >= 11 is 0. The second-order valence-electron chi connectivity index (χ2n) is 5.30. The standard InChI is InChI=1S/C13H22N2O3/c1-2-15(9-7-8-9)13(18)14-11-6-4-3-5-10(11)12(16)17/h9-11H,2-8H2,1H3,(H,14,18)(H,16,17). The van der Waals surface area contributed by atoms with Crippen LogP contribution in [0.4, 0.5) is 4.79 Å². The Bertz CT molecular complexity index is 328. The fraction of sp³-hybridized carbons (Fsp3) is 0.846. The summed E-state index contributed by atoms with van der Waals surface area (Å²) in [4.78, 5) is 25.1. The minimum atomic E-state index is -0.783. The third kappa shape index (κ3) is 2.94. The van der Waals surface area contributed by atoms with Gasteiger partial charge < -0.3 is 15.3 Å². The van der Waals surface area contributed by atoms with Gasteiger partial charge in [-0.1, -0.05) is 12.8 Å². The number of nitrogens with one attached hydrogen (secondary N) is 1. The first-order valence-corrected chi connectivity index (χ1v) is 6.93. The lowest BCUT2D eigenvalue weighted by Crippen LogP contribution is -2.50. The first-order valence-electron chi connectivity index (χ1n) is 6.93. The highest BCUT2D eigenvalue weighted by atomic mass is 16.4. The quantitative estimate of drug-likeness (QED) is 0.804. The molecule has 2 fully saturated rings. The second-order valence-corrected chi connectivity index (χ2v) is 5.30. The predicted molar refractivity (Wildman–Crippen MR) is 67.3 cm³/mol. The highest BCUT2D eigenvalue weighted by Gasteiger charge is 2.36. The van der Waals surface area contributed by atoms with Crippen LogP contribution >= 0.6 is 0 Å². The van der Waals surface area contributed by atoms with Crippen LogP contribution in [0.25, 0.3) is 0 Å². The van der Waals surface area contributed by atoms with Crippen molar-refractivity contribution >= 4 is 12.0 Å². The third-order valence-electron chi connectivity index (χ3n) is 3.98. The minimum Gasteiger partial charge on any atom is -0.481 e. The smallest absolute Gasteiger partial charge is 0.317 e. The molecule has 2 unspecified atom stereocenters. The Morgan fingerprint density at radius 3 is 2.44 bits per heavy atom. The number of urea groups is 1. The molecule has 102 valence electrons. The van der Waals surface area contributed by atoms with Gasteiger partial charge in [-0.15, -0.1) is 0 Å². The Morgan fingerprint density at radius 1 is 1.22 bits per heavy atom. The average Bonchev–Trinajstić information content (AvgIpc) is 3.15. The lowest BCUT2D eigenvalue weighted by atomic mass is 9.84. The van der Waals surface area contributed by atoms with Crippen LogP contribution < -0.4 is 5.32 Å². The van der Waals surface area contributed by atoms with Gasteiger partial charge in [-0.3, -0.25) is 4.79 Å². The van der Waals surface area contributed by atoms with Gasteiger partial charge in [0.25, 0.3) is 0 Å². The van der Waals surface area contributed by atoms with Crippen LogP contribution in [0.3, 0.4) is 0 Å². The van der Waals surface area contributed by atoms with Gasteiger partial charge in [0, 0.05) is 18.6 Å². The van der Waals surface area contributed by atoms with E-state index in [1.165, 1.54) is 0 Å². The van der Waals surface area contributed by atoms with E-state index in [0.717, 1.165) is 32.1 Å². The number of carbonyl (C=O) groups excluding carboxylic acids is 1. The zero-order valence-electron chi connectivity index (χ0n) is 10.9. The molecule has 0 heterocycles. The Labute approximate surface area is 108 Å². The molecule has 0 aromatic carbocycles. The van der Waals surface area contributed by atoms with Gasteiger partial charge in [-0.25, -0.2) is 4.79 Å².